The summed E-state index contributed by atoms with van der Waals surface area (Å²) in [6, 6.07) is 12.4. The second-order valence-electron chi connectivity index (χ2n) is 5.45. The molecule has 128 valence electrons. The number of hydrogen-bond donors (Lipinski definition) is 0. The second kappa shape index (κ2) is 7.07. The van der Waals surface area contributed by atoms with Crippen LogP contribution in [0.15, 0.2) is 59.5 Å². The van der Waals surface area contributed by atoms with Gasteiger partial charge >= 0.3 is 0 Å². The highest BCUT2D eigenvalue weighted by Gasteiger charge is 2.10. The van der Waals surface area contributed by atoms with Gasteiger partial charge < -0.3 is 4.74 Å². The van der Waals surface area contributed by atoms with Crippen molar-refractivity contribution in [2.45, 2.75) is 6.92 Å². The Hall–Kier alpha value is -2.66. The maximum atomic E-state index is 13.8. The molecule has 0 amide bonds. The molecule has 3 nitrogen and oxygen atoms in total. The predicted molar refractivity (Wildman–Crippen MR) is 93.8 cm³/mol. The first-order chi connectivity index (χ1) is 12.0. The molecular weight excluding hydrogens is 348 g/mol. The van der Waals surface area contributed by atoms with Crippen LogP contribution in [0.25, 0.3) is 16.8 Å². The van der Waals surface area contributed by atoms with Gasteiger partial charge in [-0.15, -0.1) is 0 Å². The third-order valence-electron chi connectivity index (χ3n) is 3.83. The van der Waals surface area contributed by atoms with Crippen molar-refractivity contribution < 1.29 is 13.5 Å². The molecule has 3 rings (SSSR count). The number of halogens is 3. The summed E-state index contributed by atoms with van der Waals surface area (Å²) in [6.45, 7) is 0.863. The number of aromatic nitrogens is 1. The average molecular weight is 362 g/mol. The van der Waals surface area contributed by atoms with Crippen LogP contribution >= 0.6 is 11.6 Å². The molecule has 0 aliphatic carbocycles. The first kappa shape index (κ1) is 17.2. The minimum Gasteiger partial charge on any atom is -0.463 e. The number of pyridine rings is 1. The highest BCUT2D eigenvalue weighted by atomic mass is 35.5. The normalized spacial score (nSPS) is 10.7. The van der Waals surface area contributed by atoms with Gasteiger partial charge in [0.1, 0.15) is 11.6 Å². The predicted octanol–water partition coefficient (Wildman–Crippen LogP) is 4.91. The van der Waals surface area contributed by atoms with E-state index >= 15 is 0 Å². The Kier molecular flexibility index (Phi) is 4.86. The molecule has 0 aliphatic rings. The summed E-state index contributed by atoms with van der Waals surface area (Å²) >= 11 is 5.73. The molecule has 1 aromatic heterocycles. The first-order valence-corrected chi connectivity index (χ1v) is 7.85. The SMILES string of the molecule is Cc1cc(=O)n(-c2ccc(OCF)cc2)cc1-c1ccc(Cl)c(F)c1. The minimum absolute atomic E-state index is 0.0400. The van der Waals surface area contributed by atoms with E-state index in [0.29, 0.717) is 22.6 Å². The molecule has 3 aromatic rings. The molecule has 0 N–H and O–H groups in total. The lowest BCUT2D eigenvalue weighted by Gasteiger charge is -2.12. The first-order valence-electron chi connectivity index (χ1n) is 7.47. The Morgan fingerprint density at radius 2 is 1.84 bits per heavy atom. The number of benzene rings is 2. The van der Waals surface area contributed by atoms with Gasteiger partial charge in [-0.25, -0.2) is 8.78 Å². The van der Waals surface area contributed by atoms with E-state index in [1.807, 2.05) is 0 Å². The van der Waals surface area contributed by atoms with Gasteiger partial charge in [0, 0.05) is 23.5 Å². The molecule has 0 aliphatic heterocycles. The van der Waals surface area contributed by atoms with Gasteiger partial charge in [-0.1, -0.05) is 17.7 Å². The molecule has 0 saturated carbocycles. The lowest BCUT2D eigenvalue weighted by molar-refractivity contribution is 0.192. The van der Waals surface area contributed by atoms with Crippen molar-refractivity contribution in [2.75, 3.05) is 6.86 Å². The van der Waals surface area contributed by atoms with E-state index in [1.54, 1.807) is 43.5 Å². The molecular formula is C19H14ClF2NO2. The van der Waals surface area contributed by atoms with Crippen LogP contribution in [0.4, 0.5) is 8.78 Å². The number of hydrogen-bond acceptors (Lipinski definition) is 2. The number of rotatable bonds is 4. The van der Waals surface area contributed by atoms with Crippen molar-refractivity contribution in [1.82, 2.24) is 4.57 Å². The molecule has 0 fully saturated rings. The summed E-state index contributed by atoms with van der Waals surface area (Å²) in [4.78, 5) is 12.3. The number of nitrogens with zero attached hydrogens (tertiary/aromatic N) is 1. The molecule has 0 spiro atoms. The third-order valence-corrected chi connectivity index (χ3v) is 4.13. The lowest BCUT2D eigenvalue weighted by atomic mass is 10.0. The summed E-state index contributed by atoms with van der Waals surface area (Å²) < 4.78 is 32.2. The Balaban J connectivity index is 2.09. The van der Waals surface area contributed by atoms with Gasteiger partial charge in [-0.3, -0.25) is 9.36 Å². The van der Waals surface area contributed by atoms with Crippen molar-refractivity contribution in [2.24, 2.45) is 0 Å². The van der Waals surface area contributed by atoms with Crippen molar-refractivity contribution in [3.05, 3.63) is 81.5 Å². The second-order valence-corrected chi connectivity index (χ2v) is 5.86. The van der Waals surface area contributed by atoms with Gasteiger partial charge in [0.2, 0.25) is 6.86 Å². The Labute approximate surface area is 148 Å². The highest BCUT2D eigenvalue weighted by Crippen LogP contribution is 2.27. The van der Waals surface area contributed by atoms with Gasteiger partial charge in [0.25, 0.3) is 5.56 Å². The zero-order valence-electron chi connectivity index (χ0n) is 13.3. The summed E-state index contributed by atoms with van der Waals surface area (Å²) in [7, 11) is 0. The smallest absolute Gasteiger partial charge is 0.255 e. The quantitative estimate of drug-likeness (QED) is 0.661. The number of aryl methyl sites for hydroxylation is 1. The maximum Gasteiger partial charge on any atom is 0.255 e. The molecule has 0 atom stereocenters. The minimum atomic E-state index is -0.921. The number of ether oxygens (including phenoxy) is 1. The van der Waals surface area contributed by atoms with E-state index in [-0.39, 0.29) is 10.6 Å². The molecule has 0 saturated heterocycles. The summed E-state index contributed by atoms with van der Waals surface area (Å²) in [5, 5.41) is 0.0400. The largest absolute Gasteiger partial charge is 0.463 e. The van der Waals surface area contributed by atoms with Crippen LogP contribution in [0, 0.1) is 12.7 Å². The fourth-order valence-corrected chi connectivity index (χ4v) is 2.68. The van der Waals surface area contributed by atoms with E-state index < -0.39 is 12.7 Å². The van der Waals surface area contributed by atoms with Gasteiger partial charge in [0.15, 0.2) is 0 Å². The zero-order valence-corrected chi connectivity index (χ0v) is 14.1. The molecule has 0 bridgehead atoms. The summed E-state index contributed by atoms with van der Waals surface area (Å²) in [6.07, 6.45) is 1.64. The topological polar surface area (TPSA) is 31.2 Å². The summed E-state index contributed by atoms with van der Waals surface area (Å²) in [5.74, 6) is -0.157. The van der Waals surface area contributed by atoms with Crippen molar-refractivity contribution in [3.8, 4) is 22.6 Å². The van der Waals surface area contributed by atoms with Gasteiger partial charge in [0.05, 0.1) is 5.02 Å². The van der Waals surface area contributed by atoms with Crippen molar-refractivity contribution >= 4 is 11.6 Å². The van der Waals surface area contributed by atoms with E-state index in [0.717, 1.165) is 5.56 Å². The van der Waals surface area contributed by atoms with Crippen LogP contribution in [0.1, 0.15) is 5.56 Å². The molecule has 1 heterocycles. The average Bonchev–Trinajstić information content (AvgIpc) is 2.59. The van der Waals surface area contributed by atoms with Crippen LogP contribution < -0.4 is 10.3 Å². The standard InChI is InChI=1S/C19H14ClF2NO2/c1-12-8-19(24)23(14-3-5-15(6-4-14)25-11-21)10-16(12)13-2-7-17(20)18(22)9-13/h2-10H,11H2,1H3. The fourth-order valence-electron chi connectivity index (χ4n) is 2.56. The zero-order chi connectivity index (χ0) is 18.0. The molecule has 6 heteroatoms. The van der Waals surface area contributed by atoms with E-state index in [1.165, 1.54) is 22.8 Å². The van der Waals surface area contributed by atoms with Gasteiger partial charge in [-0.05, 0) is 54.4 Å². The van der Waals surface area contributed by atoms with E-state index in [4.69, 9.17) is 16.3 Å². The summed E-state index contributed by atoms with van der Waals surface area (Å²) in [5.41, 5.74) is 2.41. The van der Waals surface area contributed by atoms with Crippen LogP contribution in [-0.2, 0) is 0 Å². The third kappa shape index (κ3) is 3.56. The van der Waals surface area contributed by atoms with Crippen molar-refractivity contribution in [3.63, 3.8) is 0 Å². The lowest BCUT2D eigenvalue weighted by Crippen LogP contribution is -2.17. The van der Waals surface area contributed by atoms with Crippen LogP contribution in [0.3, 0.4) is 0 Å². The fraction of sp³-hybridized carbons (Fsp3) is 0.105. The molecule has 0 unspecified atom stereocenters. The highest BCUT2D eigenvalue weighted by molar-refractivity contribution is 6.30. The van der Waals surface area contributed by atoms with E-state index in [9.17, 15) is 13.6 Å². The Morgan fingerprint density at radius 3 is 2.48 bits per heavy atom. The monoisotopic (exact) mass is 361 g/mol. The van der Waals surface area contributed by atoms with Crippen LogP contribution in [0.2, 0.25) is 5.02 Å². The Morgan fingerprint density at radius 1 is 1.12 bits per heavy atom. The molecule has 25 heavy (non-hydrogen) atoms. The Bertz CT molecular complexity index is 968. The van der Waals surface area contributed by atoms with Crippen LogP contribution in [0.5, 0.6) is 5.75 Å². The van der Waals surface area contributed by atoms with Gasteiger partial charge in [-0.2, -0.15) is 0 Å². The maximum absolute atomic E-state index is 13.8. The van der Waals surface area contributed by atoms with Crippen molar-refractivity contribution in [1.29, 1.82) is 0 Å². The van der Waals surface area contributed by atoms with Crippen LogP contribution in [-0.4, -0.2) is 11.4 Å². The number of alkyl halides is 1. The van der Waals surface area contributed by atoms with E-state index in [2.05, 4.69) is 0 Å². The molecule has 0 radical (unpaired) electrons. The molecule has 2 aromatic carbocycles.